The van der Waals surface area contributed by atoms with E-state index in [-0.39, 0.29) is 5.97 Å². The zero-order valence-electron chi connectivity index (χ0n) is 10.1. The minimum Gasteiger partial charge on any atom is -0.469 e. The van der Waals surface area contributed by atoms with Crippen LogP contribution in [0.25, 0.3) is 0 Å². The first-order chi connectivity index (χ1) is 7.76. The van der Waals surface area contributed by atoms with Gasteiger partial charge in [-0.05, 0) is 24.3 Å². The lowest BCUT2D eigenvalue weighted by atomic mass is 9.94. The molecule has 0 aromatic heterocycles. The predicted octanol–water partition coefficient (Wildman–Crippen LogP) is 3.21. The number of aryl methyl sites for hydroxylation is 1. The van der Waals surface area contributed by atoms with Gasteiger partial charge in [-0.25, -0.2) is 0 Å². The average Bonchev–Trinajstić information content (AvgIpc) is 2.35. The van der Waals surface area contributed by atoms with Crippen LogP contribution in [-0.4, -0.2) is 13.1 Å². The highest BCUT2D eigenvalue weighted by atomic mass is 16.5. The van der Waals surface area contributed by atoms with Gasteiger partial charge in [0.05, 0.1) is 7.11 Å². The molecular formula is C14H20O2. The number of rotatable bonds is 6. The van der Waals surface area contributed by atoms with Gasteiger partial charge in [0.25, 0.3) is 0 Å². The van der Waals surface area contributed by atoms with Crippen molar-refractivity contribution in [2.24, 2.45) is 5.92 Å². The summed E-state index contributed by atoms with van der Waals surface area (Å²) in [6, 6.07) is 10.4. The van der Waals surface area contributed by atoms with Crippen molar-refractivity contribution in [1.29, 1.82) is 0 Å². The maximum Gasteiger partial charge on any atom is 0.305 e. The third-order valence-corrected chi connectivity index (χ3v) is 2.94. The molecule has 16 heavy (non-hydrogen) atoms. The average molecular weight is 220 g/mol. The predicted molar refractivity (Wildman–Crippen MR) is 65.2 cm³/mol. The molecule has 0 spiro atoms. The molecule has 0 radical (unpaired) electrons. The highest BCUT2D eigenvalue weighted by molar-refractivity contribution is 5.69. The Morgan fingerprint density at radius 3 is 2.56 bits per heavy atom. The molecule has 0 fully saturated rings. The van der Waals surface area contributed by atoms with Crippen LogP contribution in [0.2, 0.25) is 0 Å². The van der Waals surface area contributed by atoms with E-state index in [4.69, 9.17) is 4.74 Å². The number of esters is 1. The van der Waals surface area contributed by atoms with Crippen molar-refractivity contribution in [1.82, 2.24) is 0 Å². The lowest BCUT2D eigenvalue weighted by molar-refractivity contribution is -0.141. The fourth-order valence-corrected chi connectivity index (χ4v) is 1.79. The highest BCUT2D eigenvalue weighted by Gasteiger charge is 2.12. The van der Waals surface area contributed by atoms with Crippen LogP contribution in [-0.2, 0) is 16.0 Å². The largest absolute Gasteiger partial charge is 0.469 e. The molecule has 1 aromatic carbocycles. The molecule has 0 aliphatic rings. The van der Waals surface area contributed by atoms with Crippen molar-refractivity contribution >= 4 is 5.97 Å². The van der Waals surface area contributed by atoms with E-state index in [9.17, 15) is 4.79 Å². The van der Waals surface area contributed by atoms with Gasteiger partial charge in [0.1, 0.15) is 0 Å². The molecule has 88 valence electrons. The highest BCUT2D eigenvalue weighted by Crippen LogP contribution is 2.17. The Morgan fingerprint density at radius 1 is 1.31 bits per heavy atom. The zero-order chi connectivity index (χ0) is 11.8. The van der Waals surface area contributed by atoms with Crippen LogP contribution in [0.1, 0.15) is 31.7 Å². The Morgan fingerprint density at radius 2 is 2.00 bits per heavy atom. The van der Waals surface area contributed by atoms with Crippen LogP contribution in [0, 0.1) is 5.92 Å². The molecule has 0 heterocycles. The van der Waals surface area contributed by atoms with Crippen LogP contribution in [0.4, 0.5) is 0 Å². The van der Waals surface area contributed by atoms with Crippen LogP contribution in [0.3, 0.4) is 0 Å². The third kappa shape index (κ3) is 4.47. The molecule has 0 saturated carbocycles. The number of hydrogen-bond donors (Lipinski definition) is 0. The van der Waals surface area contributed by atoms with E-state index in [0.29, 0.717) is 12.3 Å². The number of ether oxygens (including phenoxy) is 1. The Balaban J connectivity index is 2.37. The first-order valence-corrected chi connectivity index (χ1v) is 5.87. The molecule has 1 aromatic rings. The van der Waals surface area contributed by atoms with Gasteiger partial charge in [0.15, 0.2) is 0 Å². The van der Waals surface area contributed by atoms with Crippen molar-refractivity contribution in [3.8, 4) is 0 Å². The standard InChI is InChI=1S/C14H20O2/c1-3-12(11-14(15)16-2)9-10-13-7-5-4-6-8-13/h4-8,12H,3,9-11H2,1-2H3. The number of benzene rings is 1. The molecule has 0 amide bonds. The smallest absolute Gasteiger partial charge is 0.305 e. The summed E-state index contributed by atoms with van der Waals surface area (Å²) in [5, 5.41) is 0. The summed E-state index contributed by atoms with van der Waals surface area (Å²) in [6.07, 6.45) is 3.66. The van der Waals surface area contributed by atoms with Gasteiger partial charge in [0.2, 0.25) is 0 Å². The van der Waals surface area contributed by atoms with E-state index in [0.717, 1.165) is 19.3 Å². The molecule has 0 bridgehead atoms. The number of carbonyl (C=O) groups excluding carboxylic acids is 1. The topological polar surface area (TPSA) is 26.3 Å². The van der Waals surface area contributed by atoms with E-state index in [1.165, 1.54) is 12.7 Å². The molecular weight excluding hydrogens is 200 g/mol. The second-order valence-electron chi connectivity index (χ2n) is 4.08. The SMILES string of the molecule is CCC(CCc1ccccc1)CC(=O)OC. The summed E-state index contributed by atoms with van der Waals surface area (Å²) in [5.74, 6) is 0.340. The first kappa shape index (κ1) is 12.8. The number of methoxy groups -OCH3 is 1. The lowest BCUT2D eigenvalue weighted by Crippen LogP contribution is -2.10. The van der Waals surface area contributed by atoms with E-state index in [2.05, 4.69) is 31.2 Å². The van der Waals surface area contributed by atoms with E-state index < -0.39 is 0 Å². The fraction of sp³-hybridized carbons (Fsp3) is 0.500. The fourth-order valence-electron chi connectivity index (χ4n) is 1.79. The molecule has 0 aliphatic heterocycles. The molecule has 2 heteroatoms. The Kier molecular flexibility index (Phi) is 5.62. The molecule has 0 N–H and O–H groups in total. The summed E-state index contributed by atoms with van der Waals surface area (Å²) in [7, 11) is 1.45. The maximum atomic E-state index is 11.2. The molecule has 1 atom stereocenters. The van der Waals surface area contributed by atoms with E-state index >= 15 is 0 Å². The van der Waals surface area contributed by atoms with Crippen molar-refractivity contribution in [2.45, 2.75) is 32.6 Å². The molecule has 1 unspecified atom stereocenters. The van der Waals surface area contributed by atoms with Gasteiger partial charge in [-0.15, -0.1) is 0 Å². The molecule has 0 aliphatic carbocycles. The Bertz CT molecular complexity index is 306. The van der Waals surface area contributed by atoms with Crippen LogP contribution < -0.4 is 0 Å². The van der Waals surface area contributed by atoms with Gasteiger partial charge >= 0.3 is 5.97 Å². The van der Waals surface area contributed by atoms with Gasteiger partial charge in [0, 0.05) is 6.42 Å². The molecule has 0 saturated heterocycles. The Hall–Kier alpha value is -1.31. The maximum absolute atomic E-state index is 11.2. The molecule has 1 rings (SSSR count). The summed E-state index contributed by atoms with van der Waals surface area (Å²) >= 11 is 0. The number of hydrogen-bond acceptors (Lipinski definition) is 2. The van der Waals surface area contributed by atoms with Crippen LogP contribution in [0.15, 0.2) is 30.3 Å². The monoisotopic (exact) mass is 220 g/mol. The normalized spacial score (nSPS) is 12.1. The van der Waals surface area contributed by atoms with Crippen molar-refractivity contribution in [2.75, 3.05) is 7.11 Å². The van der Waals surface area contributed by atoms with Crippen molar-refractivity contribution in [3.05, 3.63) is 35.9 Å². The number of carbonyl (C=O) groups is 1. The zero-order valence-corrected chi connectivity index (χ0v) is 10.1. The quantitative estimate of drug-likeness (QED) is 0.688. The minimum atomic E-state index is -0.0973. The van der Waals surface area contributed by atoms with Crippen molar-refractivity contribution in [3.63, 3.8) is 0 Å². The van der Waals surface area contributed by atoms with E-state index in [1.54, 1.807) is 0 Å². The summed E-state index contributed by atoms with van der Waals surface area (Å²) in [6.45, 7) is 2.12. The van der Waals surface area contributed by atoms with E-state index in [1.807, 2.05) is 6.07 Å². The second kappa shape index (κ2) is 7.04. The van der Waals surface area contributed by atoms with Gasteiger partial charge < -0.3 is 4.74 Å². The Labute approximate surface area is 97.6 Å². The van der Waals surface area contributed by atoms with Crippen LogP contribution >= 0.6 is 0 Å². The third-order valence-electron chi connectivity index (χ3n) is 2.94. The van der Waals surface area contributed by atoms with Crippen molar-refractivity contribution < 1.29 is 9.53 Å². The van der Waals surface area contributed by atoms with Crippen LogP contribution in [0.5, 0.6) is 0 Å². The van der Waals surface area contributed by atoms with Gasteiger partial charge in [-0.2, -0.15) is 0 Å². The lowest BCUT2D eigenvalue weighted by Gasteiger charge is -2.13. The second-order valence-corrected chi connectivity index (χ2v) is 4.08. The van der Waals surface area contributed by atoms with Gasteiger partial charge in [-0.3, -0.25) is 4.79 Å². The molecule has 2 nitrogen and oxygen atoms in total. The first-order valence-electron chi connectivity index (χ1n) is 5.87. The summed E-state index contributed by atoms with van der Waals surface area (Å²) < 4.78 is 4.70. The minimum absolute atomic E-state index is 0.0973. The summed E-state index contributed by atoms with van der Waals surface area (Å²) in [4.78, 5) is 11.2. The summed E-state index contributed by atoms with van der Waals surface area (Å²) in [5.41, 5.74) is 1.34. The van der Waals surface area contributed by atoms with Gasteiger partial charge in [-0.1, -0.05) is 43.7 Å².